The van der Waals surface area contributed by atoms with Crippen LogP contribution in [0.4, 0.5) is 4.79 Å². The molecule has 0 N–H and O–H groups in total. The molecule has 1 aromatic carbocycles. The number of hydrogen-bond donors (Lipinski definition) is 0. The van der Waals surface area contributed by atoms with Gasteiger partial charge < -0.3 is 4.74 Å². The van der Waals surface area contributed by atoms with Crippen LogP contribution >= 0.6 is 0 Å². The molecule has 0 aromatic heterocycles. The van der Waals surface area contributed by atoms with Crippen molar-refractivity contribution in [3.63, 3.8) is 0 Å². The Hall–Kier alpha value is -1.36. The molecule has 5 heteroatoms. The van der Waals surface area contributed by atoms with Crippen molar-refractivity contribution >= 4 is 15.1 Å². The Morgan fingerprint density at radius 3 is 2.14 bits per heavy atom. The molecule has 0 saturated carbocycles. The molecule has 0 amide bonds. The van der Waals surface area contributed by atoms with Crippen LogP contribution in [0.3, 0.4) is 0 Å². The topological polar surface area (TPSA) is 60.4 Å². The highest BCUT2D eigenvalue weighted by Crippen LogP contribution is 2.13. The average Bonchev–Trinajstić information content (AvgIpc) is 2.17. The molecule has 0 aliphatic heterocycles. The van der Waals surface area contributed by atoms with E-state index in [1.54, 1.807) is 12.1 Å². The number of hydrogen-bond acceptors (Lipinski definition) is 4. The van der Waals surface area contributed by atoms with E-state index in [-0.39, 0.29) is 4.90 Å². The van der Waals surface area contributed by atoms with Crippen LogP contribution in [0, 0.1) is 6.92 Å². The Bertz CT molecular complexity index is 430. The van der Waals surface area contributed by atoms with Crippen LogP contribution in [0.1, 0.15) is 5.56 Å². The standard InChI is InChI=1S/C9H10O4S/c1-7-3-5-8(6-4-7)14(11,12)9(10)13-2/h3-6H,1-2H3. The van der Waals surface area contributed by atoms with Crippen LogP contribution in [0.2, 0.25) is 0 Å². The van der Waals surface area contributed by atoms with Crippen LogP contribution in [0.15, 0.2) is 29.2 Å². The van der Waals surface area contributed by atoms with Gasteiger partial charge in [0.15, 0.2) is 0 Å². The normalized spacial score (nSPS) is 11.0. The fourth-order valence-corrected chi connectivity index (χ4v) is 1.83. The van der Waals surface area contributed by atoms with E-state index in [4.69, 9.17) is 0 Å². The monoisotopic (exact) mass is 214 g/mol. The Kier molecular flexibility index (Phi) is 2.90. The lowest BCUT2D eigenvalue weighted by Crippen LogP contribution is -2.14. The highest BCUT2D eigenvalue weighted by Gasteiger charge is 2.25. The summed E-state index contributed by atoms with van der Waals surface area (Å²) in [4.78, 5) is 10.9. The quantitative estimate of drug-likeness (QED) is 0.665. The highest BCUT2D eigenvalue weighted by atomic mass is 32.2. The molecule has 0 radical (unpaired) electrons. The zero-order chi connectivity index (χ0) is 10.8. The van der Waals surface area contributed by atoms with Gasteiger partial charge >= 0.3 is 5.30 Å². The molecule has 4 nitrogen and oxygen atoms in total. The molecule has 1 rings (SSSR count). The fraction of sp³-hybridized carbons (Fsp3) is 0.222. The van der Waals surface area contributed by atoms with Crippen molar-refractivity contribution in [3.05, 3.63) is 29.8 Å². The van der Waals surface area contributed by atoms with Crippen LogP contribution in [0.5, 0.6) is 0 Å². The molecule has 14 heavy (non-hydrogen) atoms. The first kappa shape index (κ1) is 10.7. The lowest BCUT2D eigenvalue weighted by molar-refractivity contribution is 0.197. The molecule has 0 unspecified atom stereocenters. The number of carbonyl (C=O) groups excluding carboxylic acids is 1. The van der Waals surface area contributed by atoms with Crippen LogP contribution in [-0.2, 0) is 14.6 Å². The van der Waals surface area contributed by atoms with Crippen molar-refractivity contribution in [2.24, 2.45) is 0 Å². The smallest absolute Gasteiger partial charge is 0.429 e. The molecule has 0 aliphatic rings. The van der Waals surface area contributed by atoms with Gasteiger partial charge in [-0.3, -0.25) is 0 Å². The van der Waals surface area contributed by atoms with Gasteiger partial charge in [0.2, 0.25) is 0 Å². The number of benzene rings is 1. The molecule has 0 saturated heterocycles. The van der Waals surface area contributed by atoms with E-state index < -0.39 is 15.1 Å². The van der Waals surface area contributed by atoms with Gasteiger partial charge in [-0.05, 0) is 19.1 Å². The molecule has 0 heterocycles. The van der Waals surface area contributed by atoms with Crippen LogP contribution in [-0.4, -0.2) is 20.8 Å². The molecule has 0 fully saturated rings. The minimum atomic E-state index is -3.97. The van der Waals surface area contributed by atoms with Gasteiger partial charge in [-0.15, -0.1) is 0 Å². The first-order chi connectivity index (χ1) is 6.48. The Morgan fingerprint density at radius 1 is 1.21 bits per heavy atom. The second kappa shape index (κ2) is 3.79. The zero-order valence-corrected chi connectivity index (χ0v) is 8.67. The van der Waals surface area contributed by atoms with Gasteiger partial charge in [0.05, 0.1) is 12.0 Å². The SMILES string of the molecule is COC(=O)S(=O)(=O)c1ccc(C)cc1. The van der Waals surface area contributed by atoms with E-state index in [1.165, 1.54) is 12.1 Å². The summed E-state index contributed by atoms with van der Waals surface area (Å²) in [5.74, 6) is 0. The average molecular weight is 214 g/mol. The summed E-state index contributed by atoms with van der Waals surface area (Å²) >= 11 is 0. The van der Waals surface area contributed by atoms with E-state index in [2.05, 4.69) is 4.74 Å². The second-order valence-electron chi connectivity index (χ2n) is 2.77. The van der Waals surface area contributed by atoms with Crippen molar-refractivity contribution in [2.45, 2.75) is 11.8 Å². The molecule has 76 valence electrons. The number of aryl methyl sites for hydroxylation is 1. The Morgan fingerprint density at radius 2 is 1.71 bits per heavy atom. The lowest BCUT2D eigenvalue weighted by atomic mass is 10.2. The predicted octanol–water partition coefficient (Wildman–Crippen LogP) is 1.54. The van der Waals surface area contributed by atoms with Gasteiger partial charge in [0.25, 0.3) is 9.84 Å². The lowest BCUT2D eigenvalue weighted by Gasteiger charge is -2.01. The van der Waals surface area contributed by atoms with Crippen molar-refractivity contribution in [1.29, 1.82) is 0 Å². The van der Waals surface area contributed by atoms with Gasteiger partial charge in [0.1, 0.15) is 0 Å². The zero-order valence-electron chi connectivity index (χ0n) is 7.85. The number of carbonyl (C=O) groups is 1. The Balaban J connectivity index is 3.18. The van der Waals surface area contributed by atoms with Crippen molar-refractivity contribution in [2.75, 3.05) is 7.11 Å². The van der Waals surface area contributed by atoms with E-state index in [0.717, 1.165) is 12.7 Å². The predicted molar refractivity (Wildman–Crippen MR) is 50.8 cm³/mol. The molecule has 0 aliphatic carbocycles. The van der Waals surface area contributed by atoms with Crippen molar-refractivity contribution in [1.82, 2.24) is 0 Å². The summed E-state index contributed by atoms with van der Waals surface area (Å²) in [6.07, 6.45) is 0. The summed E-state index contributed by atoms with van der Waals surface area (Å²) < 4.78 is 27.0. The summed E-state index contributed by atoms with van der Waals surface area (Å²) in [5.41, 5.74) is 0.925. The van der Waals surface area contributed by atoms with E-state index in [1.807, 2.05) is 6.92 Å². The molecule has 0 bridgehead atoms. The molecular weight excluding hydrogens is 204 g/mol. The third-order valence-corrected chi connectivity index (χ3v) is 3.22. The van der Waals surface area contributed by atoms with Crippen LogP contribution < -0.4 is 0 Å². The van der Waals surface area contributed by atoms with Crippen molar-refractivity contribution in [3.8, 4) is 0 Å². The number of sulfone groups is 1. The first-order valence-electron chi connectivity index (χ1n) is 3.88. The van der Waals surface area contributed by atoms with Gasteiger partial charge in [-0.2, -0.15) is 0 Å². The fourth-order valence-electron chi connectivity index (χ4n) is 0.923. The number of ether oxygens (including phenoxy) is 1. The van der Waals surface area contributed by atoms with Crippen LogP contribution in [0.25, 0.3) is 0 Å². The molecule has 0 spiro atoms. The minimum absolute atomic E-state index is 0.0463. The maximum Gasteiger partial charge on any atom is 0.429 e. The summed E-state index contributed by atoms with van der Waals surface area (Å²) in [6.45, 7) is 1.83. The Labute approximate surface area is 82.4 Å². The van der Waals surface area contributed by atoms with Crippen molar-refractivity contribution < 1.29 is 17.9 Å². The number of methoxy groups -OCH3 is 1. The molecular formula is C9H10O4S. The largest absolute Gasteiger partial charge is 0.457 e. The van der Waals surface area contributed by atoms with E-state index >= 15 is 0 Å². The van der Waals surface area contributed by atoms with Gasteiger partial charge in [0, 0.05) is 0 Å². The summed E-state index contributed by atoms with van der Waals surface area (Å²) in [7, 11) is -2.93. The second-order valence-corrected chi connectivity index (χ2v) is 4.58. The maximum absolute atomic E-state index is 11.4. The van der Waals surface area contributed by atoms with Gasteiger partial charge in [-0.25, -0.2) is 13.2 Å². The third kappa shape index (κ3) is 1.93. The van der Waals surface area contributed by atoms with E-state index in [0.29, 0.717) is 0 Å². The first-order valence-corrected chi connectivity index (χ1v) is 5.36. The third-order valence-electron chi connectivity index (χ3n) is 1.72. The summed E-state index contributed by atoms with van der Waals surface area (Å²) in [6, 6.07) is 5.99. The van der Waals surface area contributed by atoms with E-state index in [9.17, 15) is 13.2 Å². The van der Waals surface area contributed by atoms with Gasteiger partial charge in [-0.1, -0.05) is 17.7 Å². The maximum atomic E-state index is 11.4. The minimum Gasteiger partial charge on any atom is -0.457 e. The summed E-state index contributed by atoms with van der Waals surface area (Å²) in [5, 5.41) is -1.23. The number of rotatable bonds is 1. The molecule has 1 aromatic rings. The molecule has 0 atom stereocenters. The highest BCUT2D eigenvalue weighted by molar-refractivity contribution is 8.05.